The Morgan fingerprint density at radius 3 is 2.43 bits per heavy atom. The fraction of sp³-hybridized carbons (Fsp3) is 0.478. The zero-order chi connectivity index (χ0) is 19.8. The first-order chi connectivity index (χ1) is 13.5. The molecule has 0 amide bonds. The standard InChI is InChI=1S/C23H28O5/c1-13-5-7-14(8-6-13)9-16-11-17(10-15-3-2-4-18(15)16)23-22(27)21(26)20(25)19(12-24)28-23/h5-8,10-11,19-27H,2-4,9,12H2,1H3/t19-,20-,21+,22-,23+/m1/s1. The van der Waals surface area contributed by atoms with Crippen molar-refractivity contribution in [2.24, 2.45) is 0 Å². The molecular weight excluding hydrogens is 356 g/mol. The summed E-state index contributed by atoms with van der Waals surface area (Å²) in [4.78, 5) is 0. The molecule has 0 unspecified atom stereocenters. The molecule has 150 valence electrons. The Labute approximate surface area is 165 Å². The van der Waals surface area contributed by atoms with Crippen molar-refractivity contribution in [1.29, 1.82) is 0 Å². The summed E-state index contributed by atoms with van der Waals surface area (Å²) in [6, 6.07) is 12.6. The van der Waals surface area contributed by atoms with E-state index in [-0.39, 0.29) is 0 Å². The molecule has 28 heavy (non-hydrogen) atoms. The maximum atomic E-state index is 10.5. The normalized spacial score (nSPS) is 29.7. The quantitative estimate of drug-likeness (QED) is 0.643. The van der Waals surface area contributed by atoms with Crippen molar-refractivity contribution in [3.8, 4) is 0 Å². The third kappa shape index (κ3) is 3.61. The molecule has 1 aliphatic carbocycles. The van der Waals surface area contributed by atoms with Crippen LogP contribution in [0.5, 0.6) is 0 Å². The molecule has 4 rings (SSSR count). The highest BCUT2D eigenvalue weighted by molar-refractivity contribution is 5.45. The average molecular weight is 384 g/mol. The predicted octanol–water partition coefficient (Wildman–Crippen LogP) is 1.59. The molecule has 2 aliphatic rings. The minimum Gasteiger partial charge on any atom is -0.394 e. The number of ether oxygens (including phenoxy) is 1. The summed E-state index contributed by atoms with van der Waals surface area (Å²) >= 11 is 0. The number of aryl methyl sites for hydroxylation is 2. The van der Waals surface area contributed by atoms with Gasteiger partial charge in [0.15, 0.2) is 0 Å². The van der Waals surface area contributed by atoms with Gasteiger partial charge in [-0.2, -0.15) is 0 Å². The third-order valence-corrected chi connectivity index (χ3v) is 6.07. The summed E-state index contributed by atoms with van der Waals surface area (Å²) in [6.07, 6.45) is -1.67. The largest absolute Gasteiger partial charge is 0.394 e. The molecule has 1 heterocycles. The van der Waals surface area contributed by atoms with E-state index in [0.717, 1.165) is 31.2 Å². The summed E-state index contributed by atoms with van der Waals surface area (Å²) in [7, 11) is 0. The fourth-order valence-corrected chi connectivity index (χ4v) is 4.45. The van der Waals surface area contributed by atoms with Crippen molar-refractivity contribution in [3.05, 3.63) is 69.8 Å². The minimum atomic E-state index is -1.36. The van der Waals surface area contributed by atoms with Crippen molar-refractivity contribution >= 4 is 0 Å². The topological polar surface area (TPSA) is 90.2 Å². The van der Waals surface area contributed by atoms with E-state index in [2.05, 4.69) is 37.3 Å². The van der Waals surface area contributed by atoms with Crippen LogP contribution in [0.15, 0.2) is 36.4 Å². The van der Waals surface area contributed by atoms with Crippen LogP contribution in [0.1, 0.15) is 45.9 Å². The van der Waals surface area contributed by atoms with Gasteiger partial charge in [0.25, 0.3) is 0 Å². The molecule has 5 atom stereocenters. The molecule has 2 aromatic carbocycles. The van der Waals surface area contributed by atoms with Gasteiger partial charge in [-0.3, -0.25) is 0 Å². The molecule has 1 saturated heterocycles. The zero-order valence-electron chi connectivity index (χ0n) is 16.1. The Kier molecular flexibility index (Phi) is 5.54. The number of fused-ring (bicyclic) bond motifs is 1. The molecule has 1 aliphatic heterocycles. The lowest BCUT2D eigenvalue weighted by atomic mass is 9.87. The van der Waals surface area contributed by atoms with E-state index in [0.29, 0.717) is 0 Å². The zero-order valence-corrected chi connectivity index (χ0v) is 16.1. The van der Waals surface area contributed by atoms with Crippen LogP contribution in [-0.2, 0) is 24.0 Å². The molecule has 1 fully saturated rings. The number of hydrogen-bond donors (Lipinski definition) is 4. The van der Waals surface area contributed by atoms with Crippen molar-refractivity contribution in [3.63, 3.8) is 0 Å². The lowest BCUT2D eigenvalue weighted by Crippen LogP contribution is -2.55. The molecule has 5 nitrogen and oxygen atoms in total. The second-order valence-electron chi connectivity index (χ2n) is 8.08. The Hall–Kier alpha value is -1.76. The maximum absolute atomic E-state index is 10.5. The summed E-state index contributed by atoms with van der Waals surface area (Å²) in [6.45, 7) is 1.66. The Morgan fingerprint density at radius 2 is 1.71 bits per heavy atom. The number of aliphatic hydroxyl groups is 4. The molecule has 0 aromatic heterocycles. The van der Waals surface area contributed by atoms with Gasteiger partial charge in [-0.25, -0.2) is 0 Å². The Morgan fingerprint density at radius 1 is 0.964 bits per heavy atom. The van der Waals surface area contributed by atoms with Crippen molar-refractivity contribution < 1.29 is 25.2 Å². The van der Waals surface area contributed by atoms with Gasteiger partial charge >= 0.3 is 0 Å². The number of rotatable bonds is 4. The van der Waals surface area contributed by atoms with Crippen LogP contribution in [0.25, 0.3) is 0 Å². The van der Waals surface area contributed by atoms with Gasteiger partial charge in [-0.1, -0.05) is 42.0 Å². The van der Waals surface area contributed by atoms with E-state index in [4.69, 9.17) is 4.74 Å². The number of aliphatic hydroxyl groups excluding tert-OH is 4. The summed E-state index contributed by atoms with van der Waals surface area (Å²) in [5.74, 6) is 0. The van der Waals surface area contributed by atoms with E-state index in [1.807, 2.05) is 6.07 Å². The van der Waals surface area contributed by atoms with E-state index in [1.165, 1.54) is 27.8 Å². The van der Waals surface area contributed by atoms with Gasteiger partial charge in [0.1, 0.15) is 30.5 Å². The van der Waals surface area contributed by atoms with E-state index in [9.17, 15) is 20.4 Å². The van der Waals surface area contributed by atoms with Crippen LogP contribution in [0.4, 0.5) is 0 Å². The minimum absolute atomic E-state index is 0.414. The molecular formula is C23H28O5. The molecule has 0 spiro atoms. The van der Waals surface area contributed by atoms with Crippen molar-refractivity contribution in [1.82, 2.24) is 0 Å². The van der Waals surface area contributed by atoms with Crippen LogP contribution in [0, 0.1) is 6.92 Å². The smallest absolute Gasteiger partial charge is 0.113 e. The van der Waals surface area contributed by atoms with Gasteiger partial charge < -0.3 is 25.2 Å². The lowest BCUT2D eigenvalue weighted by Gasteiger charge is -2.40. The highest BCUT2D eigenvalue weighted by Crippen LogP contribution is 2.37. The molecule has 5 heteroatoms. The molecule has 0 bridgehead atoms. The van der Waals surface area contributed by atoms with Crippen molar-refractivity contribution in [2.75, 3.05) is 6.61 Å². The molecule has 0 radical (unpaired) electrons. The van der Waals surface area contributed by atoms with Gasteiger partial charge in [0, 0.05) is 0 Å². The van der Waals surface area contributed by atoms with Crippen LogP contribution in [-0.4, -0.2) is 51.4 Å². The average Bonchev–Trinajstić information content (AvgIpc) is 3.17. The first-order valence-electron chi connectivity index (χ1n) is 9.98. The SMILES string of the molecule is Cc1ccc(Cc2cc([C@@H]3O[C@H](CO)[C@@H](O)[C@H](O)[C@H]3O)cc3c2CCC3)cc1. The molecule has 4 N–H and O–H groups in total. The first-order valence-corrected chi connectivity index (χ1v) is 9.98. The third-order valence-electron chi connectivity index (χ3n) is 6.07. The second-order valence-corrected chi connectivity index (χ2v) is 8.08. The van der Waals surface area contributed by atoms with E-state index in [1.54, 1.807) is 0 Å². The predicted molar refractivity (Wildman–Crippen MR) is 105 cm³/mol. The molecule has 0 saturated carbocycles. The van der Waals surface area contributed by atoms with Crippen LogP contribution in [0.3, 0.4) is 0 Å². The summed E-state index contributed by atoms with van der Waals surface area (Å²) in [5.41, 5.74) is 7.09. The van der Waals surface area contributed by atoms with Gasteiger partial charge in [0.2, 0.25) is 0 Å². The van der Waals surface area contributed by atoms with Crippen molar-refractivity contribution in [2.45, 2.75) is 63.1 Å². The monoisotopic (exact) mass is 384 g/mol. The first kappa shape index (κ1) is 19.6. The Balaban J connectivity index is 1.69. The second kappa shape index (κ2) is 7.93. The highest BCUT2D eigenvalue weighted by Gasteiger charge is 2.44. The van der Waals surface area contributed by atoms with E-state index >= 15 is 0 Å². The van der Waals surface area contributed by atoms with Crippen LogP contribution < -0.4 is 0 Å². The van der Waals surface area contributed by atoms with Gasteiger partial charge in [0.05, 0.1) is 6.61 Å². The van der Waals surface area contributed by atoms with Gasteiger partial charge in [-0.05, 0) is 60.4 Å². The Bertz CT molecular complexity index is 830. The number of benzene rings is 2. The summed E-state index contributed by atoms with van der Waals surface area (Å²) in [5, 5.41) is 40.2. The van der Waals surface area contributed by atoms with E-state index < -0.39 is 37.1 Å². The number of hydrogen-bond acceptors (Lipinski definition) is 5. The lowest BCUT2D eigenvalue weighted by molar-refractivity contribution is -0.231. The van der Waals surface area contributed by atoms with Gasteiger partial charge in [-0.15, -0.1) is 0 Å². The fourth-order valence-electron chi connectivity index (χ4n) is 4.45. The van der Waals surface area contributed by atoms with Crippen LogP contribution >= 0.6 is 0 Å². The molecule has 2 aromatic rings. The maximum Gasteiger partial charge on any atom is 0.113 e. The highest BCUT2D eigenvalue weighted by atomic mass is 16.5. The summed E-state index contributed by atoms with van der Waals surface area (Å²) < 4.78 is 5.79. The van der Waals surface area contributed by atoms with Crippen LogP contribution in [0.2, 0.25) is 0 Å².